The van der Waals surface area contributed by atoms with Gasteiger partial charge in [-0.25, -0.2) is 15.0 Å². The molecule has 0 saturated carbocycles. The SMILES string of the molecule is O=C(O)CCCN(CC(=O)O)Cc1cnc2c3[nH]cnc3ncn12. The number of carbonyl (C=O) groups is 2. The number of imidazole rings is 2. The van der Waals surface area contributed by atoms with Crippen molar-refractivity contribution >= 4 is 28.7 Å². The van der Waals surface area contributed by atoms with Gasteiger partial charge in [0, 0.05) is 13.0 Å². The van der Waals surface area contributed by atoms with Gasteiger partial charge < -0.3 is 15.2 Å². The zero-order chi connectivity index (χ0) is 17.1. The summed E-state index contributed by atoms with van der Waals surface area (Å²) in [4.78, 5) is 38.9. The minimum atomic E-state index is -0.965. The van der Waals surface area contributed by atoms with E-state index in [9.17, 15) is 9.59 Å². The van der Waals surface area contributed by atoms with Gasteiger partial charge in [-0.3, -0.25) is 18.9 Å². The van der Waals surface area contributed by atoms with E-state index >= 15 is 0 Å². The Morgan fingerprint density at radius 2 is 2.04 bits per heavy atom. The van der Waals surface area contributed by atoms with Gasteiger partial charge in [-0.15, -0.1) is 0 Å². The molecule has 126 valence electrons. The standard InChI is InChI=1S/C14H16N6O4/c21-10(22)2-1-3-19(6-11(23)24)5-9-4-15-14-12-13(17-7-16-12)18-8-20(9)14/h4,7-8H,1-3,5-6H2,(H,16,17)(H,21,22)(H,23,24). The molecule has 0 aliphatic rings. The molecule has 0 aliphatic heterocycles. The fourth-order valence-electron chi connectivity index (χ4n) is 2.58. The normalized spacial score (nSPS) is 11.5. The molecule has 10 heteroatoms. The van der Waals surface area contributed by atoms with Crippen molar-refractivity contribution in [2.75, 3.05) is 13.1 Å². The molecule has 10 nitrogen and oxygen atoms in total. The zero-order valence-corrected chi connectivity index (χ0v) is 12.7. The van der Waals surface area contributed by atoms with Crippen molar-refractivity contribution in [1.29, 1.82) is 0 Å². The van der Waals surface area contributed by atoms with Gasteiger partial charge >= 0.3 is 11.9 Å². The Morgan fingerprint density at radius 3 is 2.79 bits per heavy atom. The topological polar surface area (TPSA) is 137 Å². The Bertz CT molecular complexity index is 886. The van der Waals surface area contributed by atoms with E-state index in [1.807, 2.05) is 0 Å². The van der Waals surface area contributed by atoms with E-state index in [4.69, 9.17) is 10.2 Å². The Morgan fingerprint density at radius 1 is 1.21 bits per heavy atom. The molecule has 3 aromatic rings. The zero-order valence-electron chi connectivity index (χ0n) is 12.7. The summed E-state index contributed by atoms with van der Waals surface area (Å²) in [7, 11) is 0. The lowest BCUT2D eigenvalue weighted by atomic mass is 10.2. The van der Waals surface area contributed by atoms with E-state index in [1.165, 1.54) is 6.33 Å². The first kappa shape index (κ1) is 15.9. The third-order valence-electron chi connectivity index (χ3n) is 3.62. The number of nitrogens with zero attached hydrogens (tertiary/aromatic N) is 5. The van der Waals surface area contributed by atoms with Crippen LogP contribution < -0.4 is 0 Å². The van der Waals surface area contributed by atoms with Crippen molar-refractivity contribution in [1.82, 2.24) is 29.2 Å². The molecule has 0 saturated heterocycles. The van der Waals surface area contributed by atoms with E-state index < -0.39 is 11.9 Å². The van der Waals surface area contributed by atoms with E-state index in [-0.39, 0.29) is 13.0 Å². The number of aliphatic carboxylic acids is 2. The molecule has 0 atom stereocenters. The molecule has 0 spiro atoms. The lowest BCUT2D eigenvalue weighted by Crippen LogP contribution is -2.31. The van der Waals surface area contributed by atoms with Crippen molar-refractivity contribution in [3.05, 3.63) is 24.5 Å². The largest absolute Gasteiger partial charge is 0.481 e. The predicted molar refractivity (Wildman–Crippen MR) is 82.4 cm³/mol. The van der Waals surface area contributed by atoms with Crippen LogP contribution in [0.3, 0.4) is 0 Å². The molecule has 3 rings (SSSR count). The maximum Gasteiger partial charge on any atom is 0.317 e. The number of carboxylic acids is 2. The van der Waals surface area contributed by atoms with Crippen molar-refractivity contribution in [3.63, 3.8) is 0 Å². The summed E-state index contributed by atoms with van der Waals surface area (Å²) in [6.07, 6.45) is 5.16. The maximum atomic E-state index is 11.0. The number of H-pyrrole nitrogens is 1. The summed E-state index contributed by atoms with van der Waals surface area (Å²) in [5.74, 6) is -1.86. The number of aromatic amines is 1. The van der Waals surface area contributed by atoms with Crippen LogP contribution in [0.1, 0.15) is 18.5 Å². The molecule has 3 aromatic heterocycles. The molecule has 0 fully saturated rings. The van der Waals surface area contributed by atoms with Gasteiger partial charge in [0.25, 0.3) is 0 Å². The molecule has 3 heterocycles. The molecule has 24 heavy (non-hydrogen) atoms. The quantitative estimate of drug-likeness (QED) is 0.537. The van der Waals surface area contributed by atoms with Gasteiger partial charge in [0.05, 0.1) is 24.8 Å². The third kappa shape index (κ3) is 3.33. The molecule has 0 unspecified atom stereocenters. The monoisotopic (exact) mass is 332 g/mol. The highest BCUT2D eigenvalue weighted by Crippen LogP contribution is 2.16. The van der Waals surface area contributed by atoms with E-state index in [2.05, 4.69) is 19.9 Å². The van der Waals surface area contributed by atoms with E-state index in [0.29, 0.717) is 36.3 Å². The molecular formula is C14H16N6O4. The van der Waals surface area contributed by atoms with Gasteiger partial charge in [0.15, 0.2) is 11.3 Å². The number of fused-ring (bicyclic) bond motifs is 3. The summed E-state index contributed by atoms with van der Waals surface area (Å²) in [5.41, 5.74) is 2.70. The molecule has 3 N–H and O–H groups in total. The summed E-state index contributed by atoms with van der Waals surface area (Å²) in [6, 6.07) is 0. The van der Waals surface area contributed by atoms with Crippen LogP contribution >= 0.6 is 0 Å². The Labute approximate surface area is 135 Å². The van der Waals surface area contributed by atoms with E-state index in [1.54, 1.807) is 21.8 Å². The minimum Gasteiger partial charge on any atom is -0.481 e. The van der Waals surface area contributed by atoms with Crippen LogP contribution in [0.15, 0.2) is 18.9 Å². The average Bonchev–Trinajstić information content (AvgIpc) is 3.12. The van der Waals surface area contributed by atoms with Gasteiger partial charge in [-0.1, -0.05) is 0 Å². The lowest BCUT2D eigenvalue weighted by molar-refractivity contribution is -0.138. The van der Waals surface area contributed by atoms with Crippen molar-refractivity contribution in [2.45, 2.75) is 19.4 Å². The molecular weight excluding hydrogens is 316 g/mol. The first-order chi connectivity index (χ1) is 11.5. The average molecular weight is 332 g/mol. The number of carboxylic acid groups (broad SMARTS) is 2. The van der Waals surface area contributed by atoms with Crippen LogP contribution in [0.2, 0.25) is 0 Å². The molecule has 0 amide bonds. The summed E-state index contributed by atoms with van der Waals surface area (Å²) >= 11 is 0. The fourth-order valence-corrected chi connectivity index (χ4v) is 2.58. The van der Waals surface area contributed by atoms with Crippen LogP contribution in [0.25, 0.3) is 16.8 Å². The number of aromatic nitrogens is 5. The van der Waals surface area contributed by atoms with Crippen molar-refractivity contribution in [3.8, 4) is 0 Å². The highest BCUT2D eigenvalue weighted by Gasteiger charge is 2.15. The highest BCUT2D eigenvalue weighted by molar-refractivity contribution is 5.84. The predicted octanol–water partition coefficient (Wildman–Crippen LogP) is 0.357. The second-order valence-corrected chi connectivity index (χ2v) is 5.39. The van der Waals surface area contributed by atoms with Crippen molar-refractivity contribution in [2.24, 2.45) is 0 Å². The Balaban J connectivity index is 1.81. The number of rotatable bonds is 8. The van der Waals surface area contributed by atoms with Crippen LogP contribution in [-0.4, -0.2) is 64.5 Å². The van der Waals surface area contributed by atoms with Gasteiger partial charge in [-0.2, -0.15) is 0 Å². The summed E-state index contributed by atoms with van der Waals surface area (Å²) in [5, 5.41) is 17.8. The molecule has 0 aliphatic carbocycles. The first-order valence-electron chi connectivity index (χ1n) is 7.34. The molecule has 0 radical (unpaired) electrons. The maximum absolute atomic E-state index is 11.0. The van der Waals surface area contributed by atoms with Gasteiger partial charge in [0.1, 0.15) is 11.8 Å². The number of hydrogen-bond acceptors (Lipinski definition) is 6. The first-order valence-corrected chi connectivity index (χ1v) is 7.34. The fraction of sp³-hybridized carbons (Fsp3) is 0.357. The second-order valence-electron chi connectivity index (χ2n) is 5.39. The Kier molecular flexibility index (Phi) is 4.38. The number of hydrogen-bond donors (Lipinski definition) is 3. The third-order valence-corrected chi connectivity index (χ3v) is 3.62. The minimum absolute atomic E-state index is 0.000403. The lowest BCUT2D eigenvalue weighted by Gasteiger charge is -2.19. The second kappa shape index (κ2) is 6.62. The van der Waals surface area contributed by atoms with Crippen molar-refractivity contribution < 1.29 is 19.8 Å². The van der Waals surface area contributed by atoms with Crippen LogP contribution in [0, 0.1) is 0 Å². The molecule has 0 bridgehead atoms. The summed E-state index contributed by atoms with van der Waals surface area (Å²) in [6.45, 7) is 0.520. The van der Waals surface area contributed by atoms with Crippen LogP contribution in [0.4, 0.5) is 0 Å². The Hall–Kier alpha value is -3.01. The van der Waals surface area contributed by atoms with Crippen LogP contribution in [-0.2, 0) is 16.1 Å². The molecule has 0 aromatic carbocycles. The van der Waals surface area contributed by atoms with Gasteiger partial charge in [-0.05, 0) is 13.0 Å². The van der Waals surface area contributed by atoms with Gasteiger partial charge in [0.2, 0.25) is 0 Å². The van der Waals surface area contributed by atoms with Crippen LogP contribution in [0.5, 0.6) is 0 Å². The summed E-state index contributed by atoms with van der Waals surface area (Å²) < 4.78 is 1.77. The smallest absolute Gasteiger partial charge is 0.317 e. The highest BCUT2D eigenvalue weighted by atomic mass is 16.4. The number of nitrogens with one attached hydrogen (secondary N) is 1. The van der Waals surface area contributed by atoms with E-state index in [0.717, 1.165) is 5.69 Å².